The first-order chi connectivity index (χ1) is 12.2. The van der Waals surface area contributed by atoms with Crippen molar-refractivity contribution in [2.75, 3.05) is 0 Å². The predicted molar refractivity (Wildman–Crippen MR) is 96.1 cm³/mol. The number of furan rings is 1. The van der Waals surface area contributed by atoms with Gasteiger partial charge in [-0.2, -0.15) is 0 Å². The maximum atomic E-state index is 12.6. The van der Waals surface area contributed by atoms with E-state index in [1.165, 1.54) is 11.3 Å². The van der Waals surface area contributed by atoms with Crippen LogP contribution in [0.3, 0.4) is 0 Å². The van der Waals surface area contributed by atoms with E-state index >= 15 is 0 Å². The largest absolute Gasteiger partial charge is 0.467 e. The van der Waals surface area contributed by atoms with Gasteiger partial charge in [0.15, 0.2) is 5.82 Å². The van der Waals surface area contributed by atoms with Gasteiger partial charge in [-0.15, -0.1) is 11.3 Å². The van der Waals surface area contributed by atoms with E-state index in [-0.39, 0.29) is 18.5 Å². The first kappa shape index (κ1) is 15.6. The van der Waals surface area contributed by atoms with Gasteiger partial charge >= 0.3 is 0 Å². The van der Waals surface area contributed by atoms with E-state index in [2.05, 4.69) is 15.3 Å². The summed E-state index contributed by atoms with van der Waals surface area (Å²) in [6.45, 7) is 2.06. The highest BCUT2D eigenvalue weighted by molar-refractivity contribution is 7.07. The normalized spacial score (nSPS) is 12.4. The summed E-state index contributed by atoms with van der Waals surface area (Å²) in [6, 6.07) is 11.2. The number of amides is 1. The Hall–Kier alpha value is -2.93. The predicted octanol–water partition coefficient (Wildman–Crippen LogP) is 3.63. The number of nitrogens with one attached hydrogen (secondary N) is 1. The smallest absolute Gasteiger partial charge is 0.240 e. The van der Waals surface area contributed by atoms with E-state index < -0.39 is 0 Å². The molecule has 6 nitrogen and oxygen atoms in total. The molecule has 0 saturated carbocycles. The molecule has 0 aliphatic heterocycles. The third-order valence-corrected chi connectivity index (χ3v) is 4.55. The van der Waals surface area contributed by atoms with Gasteiger partial charge in [0, 0.05) is 5.38 Å². The molecule has 1 amide bonds. The van der Waals surface area contributed by atoms with Crippen molar-refractivity contribution in [1.29, 1.82) is 0 Å². The van der Waals surface area contributed by atoms with Crippen LogP contribution in [0.15, 0.2) is 58.0 Å². The molecule has 126 valence electrons. The van der Waals surface area contributed by atoms with Crippen molar-refractivity contribution < 1.29 is 9.21 Å². The Balaban J connectivity index is 1.64. The SMILES string of the molecule is C[C@H](NC(=O)Cn1c(-c2cscn2)nc2ccccc21)c1ccco1. The van der Waals surface area contributed by atoms with Crippen LogP contribution < -0.4 is 5.32 Å². The summed E-state index contributed by atoms with van der Waals surface area (Å²) in [4.78, 5) is 21.5. The van der Waals surface area contributed by atoms with Gasteiger partial charge in [0.05, 0.1) is 28.8 Å². The highest BCUT2D eigenvalue weighted by atomic mass is 32.1. The summed E-state index contributed by atoms with van der Waals surface area (Å²) in [7, 11) is 0. The lowest BCUT2D eigenvalue weighted by atomic mass is 10.2. The minimum Gasteiger partial charge on any atom is -0.467 e. The van der Waals surface area contributed by atoms with Crippen LogP contribution in [0.2, 0.25) is 0 Å². The highest BCUT2D eigenvalue weighted by Crippen LogP contribution is 2.24. The molecule has 4 rings (SSSR count). The van der Waals surface area contributed by atoms with Crippen molar-refractivity contribution in [2.24, 2.45) is 0 Å². The third kappa shape index (κ3) is 3.06. The highest BCUT2D eigenvalue weighted by Gasteiger charge is 2.18. The number of aromatic nitrogens is 3. The van der Waals surface area contributed by atoms with Crippen LogP contribution >= 0.6 is 11.3 Å². The standard InChI is InChI=1S/C18H16N4O2S/c1-12(16-7-4-8-24-16)20-17(23)9-22-15-6-3-2-5-13(15)21-18(22)14-10-25-11-19-14/h2-8,10-12H,9H2,1H3,(H,20,23)/t12-/m0/s1. The molecule has 1 atom stereocenters. The van der Waals surface area contributed by atoms with E-state index in [9.17, 15) is 4.79 Å². The number of thiazole rings is 1. The summed E-state index contributed by atoms with van der Waals surface area (Å²) < 4.78 is 7.24. The Kier molecular flexibility index (Phi) is 4.07. The van der Waals surface area contributed by atoms with E-state index in [0.29, 0.717) is 5.82 Å². The topological polar surface area (TPSA) is 73.0 Å². The summed E-state index contributed by atoms with van der Waals surface area (Å²) in [5.74, 6) is 1.32. The van der Waals surface area contributed by atoms with E-state index in [1.54, 1.807) is 11.8 Å². The van der Waals surface area contributed by atoms with E-state index in [1.807, 2.05) is 53.3 Å². The second-order valence-electron chi connectivity index (χ2n) is 5.69. The third-order valence-electron chi connectivity index (χ3n) is 3.97. The van der Waals surface area contributed by atoms with Crippen molar-refractivity contribution in [2.45, 2.75) is 19.5 Å². The maximum absolute atomic E-state index is 12.6. The lowest BCUT2D eigenvalue weighted by Crippen LogP contribution is -2.30. The van der Waals surface area contributed by atoms with Gasteiger partial charge in [-0.1, -0.05) is 12.1 Å². The van der Waals surface area contributed by atoms with Crippen molar-refractivity contribution in [1.82, 2.24) is 19.9 Å². The number of rotatable bonds is 5. The number of benzene rings is 1. The zero-order chi connectivity index (χ0) is 17.2. The Labute approximate surface area is 148 Å². The van der Waals surface area contributed by atoms with E-state index in [0.717, 1.165) is 22.5 Å². The van der Waals surface area contributed by atoms with Crippen LogP contribution in [-0.2, 0) is 11.3 Å². The van der Waals surface area contributed by atoms with Gasteiger partial charge in [0.2, 0.25) is 5.91 Å². The molecule has 0 fully saturated rings. The number of para-hydroxylation sites is 2. The Morgan fingerprint density at radius 1 is 1.32 bits per heavy atom. The molecular weight excluding hydrogens is 336 g/mol. The molecule has 0 unspecified atom stereocenters. The molecule has 0 spiro atoms. The van der Waals surface area contributed by atoms with Crippen LogP contribution in [0.5, 0.6) is 0 Å². The Morgan fingerprint density at radius 2 is 2.20 bits per heavy atom. The van der Waals surface area contributed by atoms with Crippen molar-refractivity contribution >= 4 is 28.3 Å². The monoisotopic (exact) mass is 352 g/mol. The number of fused-ring (bicyclic) bond motifs is 1. The lowest BCUT2D eigenvalue weighted by molar-refractivity contribution is -0.122. The minimum atomic E-state index is -0.194. The number of hydrogen-bond donors (Lipinski definition) is 1. The second kappa shape index (κ2) is 6.52. The molecule has 25 heavy (non-hydrogen) atoms. The van der Waals surface area contributed by atoms with Gasteiger partial charge in [0.25, 0.3) is 0 Å². The van der Waals surface area contributed by atoms with Gasteiger partial charge in [0.1, 0.15) is 18.0 Å². The molecule has 3 aromatic heterocycles. The van der Waals surface area contributed by atoms with Gasteiger partial charge in [-0.05, 0) is 31.2 Å². The quantitative estimate of drug-likeness (QED) is 0.595. The fourth-order valence-corrected chi connectivity index (χ4v) is 3.32. The van der Waals surface area contributed by atoms with Crippen molar-refractivity contribution in [3.8, 4) is 11.5 Å². The average molecular weight is 352 g/mol. The zero-order valence-corrected chi connectivity index (χ0v) is 14.4. The summed E-state index contributed by atoms with van der Waals surface area (Å²) in [6.07, 6.45) is 1.60. The number of carbonyl (C=O) groups is 1. The molecule has 0 saturated heterocycles. The molecule has 7 heteroatoms. The number of carbonyl (C=O) groups excluding carboxylic acids is 1. The number of hydrogen-bond acceptors (Lipinski definition) is 5. The van der Waals surface area contributed by atoms with Crippen LogP contribution in [0.1, 0.15) is 18.7 Å². The average Bonchev–Trinajstić information content (AvgIpc) is 3.36. The van der Waals surface area contributed by atoms with E-state index in [4.69, 9.17) is 4.42 Å². The first-order valence-corrected chi connectivity index (χ1v) is 8.83. The lowest BCUT2D eigenvalue weighted by Gasteiger charge is -2.13. The first-order valence-electron chi connectivity index (χ1n) is 7.89. The van der Waals surface area contributed by atoms with Crippen molar-refractivity contribution in [3.63, 3.8) is 0 Å². The molecular formula is C18H16N4O2S. The molecule has 0 aliphatic rings. The molecule has 0 bridgehead atoms. The minimum absolute atomic E-state index is 0.108. The van der Waals surface area contributed by atoms with Crippen LogP contribution in [0, 0.1) is 0 Å². The molecule has 1 N–H and O–H groups in total. The molecule has 4 aromatic rings. The summed E-state index contributed by atoms with van der Waals surface area (Å²) in [5.41, 5.74) is 4.29. The zero-order valence-electron chi connectivity index (χ0n) is 13.5. The van der Waals surface area contributed by atoms with Gasteiger partial charge in [-0.3, -0.25) is 4.79 Å². The van der Waals surface area contributed by atoms with Gasteiger partial charge < -0.3 is 14.3 Å². The van der Waals surface area contributed by atoms with Crippen molar-refractivity contribution in [3.05, 3.63) is 59.3 Å². The fourth-order valence-electron chi connectivity index (χ4n) is 2.79. The van der Waals surface area contributed by atoms with Crippen LogP contribution in [0.25, 0.3) is 22.6 Å². The Bertz CT molecular complexity index is 990. The fraction of sp³-hybridized carbons (Fsp3) is 0.167. The second-order valence-corrected chi connectivity index (χ2v) is 6.41. The number of nitrogens with zero attached hydrogens (tertiary/aromatic N) is 3. The molecule has 3 heterocycles. The maximum Gasteiger partial charge on any atom is 0.240 e. The van der Waals surface area contributed by atoms with Crippen LogP contribution in [-0.4, -0.2) is 20.4 Å². The number of imidazole rings is 1. The van der Waals surface area contributed by atoms with Gasteiger partial charge in [-0.25, -0.2) is 9.97 Å². The Morgan fingerprint density at radius 3 is 2.96 bits per heavy atom. The van der Waals surface area contributed by atoms with Crippen LogP contribution in [0.4, 0.5) is 0 Å². The molecule has 0 aliphatic carbocycles. The molecule has 0 radical (unpaired) electrons. The summed E-state index contributed by atoms with van der Waals surface area (Å²) in [5, 5.41) is 4.89. The summed E-state index contributed by atoms with van der Waals surface area (Å²) >= 11 is 1.50. The molecule has 1 aromatic carbocycles.